The summed E-state index contributed by atoms with van der Waals surface area (Å²) in [5, 5.41) is 8.54. The van der Waals surface area contributed by atoms with E-state index in [9.17, 15) is 4.79 Å². The molecule has 0 radical (unpaired) electrons. The highest BCUT2D eigenvalue weighted by Crippen LogP contribution is 2.27. The highest BCUT2D eigenvalue weighted by atomic mass is 32.2. The van der Waals surface area contributed by atoms with Crippen LogP contribution in [0.15, 0.2) is 94.7 Å². The number of Topliss-reactive ketones (excluding diaryl/α,β-unsaturated/α-hetero) is 1. The highest BCUT2D eigenvalue weighted by molar-refractivity contribution is 7.99. The number of carbonyl (C=O) groups is 1. The Morgan fingerprint density at radius 3 is 2.13 bits per heavy atom. The molecule has 160 valence electrons. The quantitative estimate of drug-likeness (QED) is 0.187. The number of nitrogens with one attached hydrogen (secondary N) is 1. The summed E-state index contributed by atoms with van der Waals surface area (Å²) in [5.74, 6) is -0.258. The van der Waals surface area contributed by atoms with E-state index in [0.29, 0.717) is 18.6 Å². The maximum atomic E-state index is 13.0. The summed E-state index contributed by atoms with van der Waals surface area (Å²) in [6, 6.07) is 27.5. The predicted molar refractivity (Wildman–Crippen MR) is 128 cm³/mol. The molecular formula is C27H29NO2S. The first-order valence-electron chi connectivity index (χ1n) is 10.8. The SMILES string of the molecule is CCCCCC(OCc1ccccc1)C(=N)C(=O)c1ccc(Sc2ccccc2)cc1. The molecule has 0 fully saturated rings. The second-order valence-corrected chi connectivity index (χ2v) is 8.61. The summed E-state index contributed by atoms with van der Waals surface area (Å²) in [6.45, 7) is 2.55. The number of benzene rings is 3. The van der Waals surface area contributed by atoms with E-state index in [4.69, 9.17) is 10.1 Å². The van der Waals surface area contributed by atoms with Crippen LogP contribution in [0.1, 0.15) is 48.5 Å². The van der Waals surface area contributed by atoms with Gasteiger partial charge in [0.1, 0.15) is 11.8 Å². The van der Waals surface area contributed by atoms with Crippen LogP contribution in [0.3, 0.4) is 0 Å². The van der Waals surface area contributed by atoms with Crippen LogP contribution in [-0.2, 0) is 11.3 Å². The van der Waals surface area contributed by atoms with Crippen molar-refractivity contribution in [2.45, 2.75) is 55.1 Å². The smallest absolute Gasteiger partial charge is 0.209 e. The van der Waals surface area contributed by atoms with Gasteiger partial charge in [-0.15, -0.1) is 0 Å². The van der Waals surface area contributed by atoms with Gasteiger partial charge in [-0.25, -0.2) is 0 Å². The van der Waals surface area contributed by atoms with Crippen LogP contribution in [0.2, 0.25) is 0 Å². The van der Waals surface area contributed by atoms with Crippen molar-refractivity contribution < 1.29 is 9.53 Å². The Labute approximate surface area is 189 Å². The molecule has 1 unspecified atom stereocenters. The number of hydrogen-bond acceptors (Lipinski definition) is 4. The molecule has 0 aliphatic carbocycles. The summed E-state index contributed by atoms with van der Waals surface area (Å²) in [7, 11) is 0. The van der Waals surface area contributed by atoms with E-state index in [2.05, 4.69) is 19.1 Å². The maximum Gasteiger partial charge on any atom is 0.209 e. The number of ether oxygens (including phenoxy) is 1. The molecule has 0 aliphatic rings. The van der Waals surface area contributed by atoms with Crippen LogP contribution in [-0.4, -0.2) is 17.6 Å². The summed E-state index contributed by atoms with van der Waals surface area (Å²) >= 11 is 1.65. The Bertz CT molecular complexity index is 956. The van der Waals surface area contributed by atoms with Gasteiger partial charge in [0, 0.05) is 15.4 Å². The van der Waals surface area contributed by atoms with Crippen LogP contribution in [0.25, 0.3) is 0 Å². The van der Waals surface area contributed by atoms with Crippen molar-refractivity contribution in [3.05, 3.63) is 96.1 Å². The molecule has 0 bridgehead atoms. The zero-order valence-corrected chi connectivity index (χ0v) is 18.7. The first-order valence-corrected chi connectivity index (χ1v) is 11.6. The summed E-state index contributed by atoms with van der Waals surface area (Å²) in [6.07, 6.45) is 3.30. The standard InChI is InChI=1S/C27H29NO2S/c1-2-3-6-15-25(30-20-21-11-7-4-8-12-21)26(28)27(29)22-16-18-24(19-17-22)31-23-13-9-5-10-14-23/h4-5,7-14,16-19,25,28H,2-3,6,15,20H2,1H3. The van der Waals surface area contributed by atoms with E-state index in [-0.39, 0.29) is 11.5 Å². The van der Waals surface area contributed by atoms with Crippen LogP contribution in [0.5, 0.6) is 0 Å². The van der Waals surface area contributed by atoms with E-state index >= 15 is 0 Å². The molecule has 3 aromatic carbocycles. The monoisotopic (exact) mass is 431 g/mol. The molecule has 3 rings (SSSR count). The van der Waals surface area contributed by atoms with Gasteiger partial charge in [-0.3, -0.25) is 10.2 Å². The van der Waals surface area contributed by atoms with Crippen LogP contribution < -0.4 is 0 Å². The summed E-state index contributed by atoms with van der Waals surface area (Å²) < 4.78 is 6.03. The molecule has 0 saturated carbocycles. The van der Waals surface area contributed by atoms with Crippen LogP contribution in [0, 0.1) is 5.41 Å². The second-order valence-electron chi connectivity index (χ2n) is 7.46. The van der Waals surface area contributed by atoms with Gasteiger partial charge in [0.15, 0.2) is 0 Å². The van der Waals surface area contributed by atoms with E-state index in [0.717, 1.165) is 34.6 Å². The predicted octanol–water partition coefficient (Wildman–Crippen LogP) is 7.21. The lowest BCUT2D eigenvalue weighted by atomic mass is 9.99. The second kappa shape index (κ2) is 12.2. The zero-order chi connectivity index (χ0) is 21.9. The minimum atomic E-state index is -0.488. The van der Waals surface area contributed by atoms with Crippen molar-refractivity contribution in [2.75, 3.05) is 0 Å². The number of hydrogen-bond donors (Lipinski definition) is 1. The average Bonchev–Trinajstić information content (AvgIpc) is 2.82. The van der Waals surface area contributed by atoms with Crippen molar-refractivity contribution >= 4 is 23.3 Å². The van der Waals surface area contributed by atoms with E-state index in [1.54, 1.807) is 11.8 Å². The topological polar surface area (TPSA) is 50.1 Å². The van der Waals surface area contributed by atoms with Gasteiger partial charge in [0.2, 0.25) is 5.78 Å². The Morgan fingerprint density at radius 1 is 0.871 bits per heavy atom. The first-order chi connectivity index (χ1) is 15.2. The summed E-state index contributed by atoms with van der Waals surface area (Å²) in [4.78, 5) is 15.2. The zero-order valence-electron chi connectivity index (χ0n) is 17.9. The van der Waals surface area contributed by atoms with Crippen molar-refractivity contribution in [2.24, 2.45) is 0 Å². The van der Waals surface area contributed by atoms with Crippen molar-refractivity contribution in [3.8, 4) is 0 Å². The molecule has 31 heavy (non-hydrogen) atoms. The van der Waals surface area contributed by atoms with Gasteiger partial charge in [-0.2, -0.15) is 0 Å². The third-order valence-electron chi connectivity index (χ3n) is 5.03. The molecule has 4 heteroatoms. The minimum Gasteiger partial charge on any atom is -0.367 e. The van der Waals surface area contributed by atoms with Gasteiger partial charge in [0.05, 0.1) is 6.61 Å². The fourth-order valence-electron chi connectivity index (χ4n) is 3.26. The highest BCUT2D eigenvalue weighted by Gasteiger charge is 2.23. The molecule has 0 aliphatic heterocycles. The van der Waals surface area contributed by atoms with Gasteiger partial charge < -0.3 is 4.74 Å². The molecule has 1 N–H and O–H groups in total. The molecule has 0 heterocycles. The van der Waals surface area contributed by atoms with Crippen molar-refractivity contribution in [3.63, 3.8) is 0 Å². The van der Waals surface area contributed by atoms with Crippen molar-refractivity contribution in [1.29, 1.82) is 5.41 Å². The van der Waals surface area contributed by atoms with Crippen LogP contribution >= 0.6 is 11.8 Å². The normalized spacial score (nSPS) is 11.8. The Hall–Kier alpha value is -2.69. The van der Waals surface area contributed by atoms with Gasteiger partial charge in [0.25, 0.3) is 0 Å². The third-order valence-corrected chi connectivity index (χ3v) is 6.04. The third kappa shape index (κ3) is 7.20. The number of carbonyl (C=O) groups excluding carboxylic acids is 1. The molecule has 0 spiro atoms. The molecule has 0 saturated heterocycles. The lowest BCUT2D eigenvalue weighted by molar-refractivity contribution is 0.0725. The largest absolute Gasteiger partial charge is 0.367 e. The first kappa shape index (κ1) is 23.0. The van der Waals surface area contributed by atoms with E-state index < -0.39 is 6.10 Å². The Balaban J connectivity index is 1.65. The van der Waals surface area contributed by atoms with Gasteiger partial charge in [-0.05, 0) is 48.4 Å². The lowest BCUT2D eigenvalue weighted by Crippen LogP contribution is -2.30. The molecule has 1 atom stereocenters. The van der Waals surface area contributed by atoms with Crippen molar-refractivity contribution in [1.82, 2.24) is 0 Å². The van der Waals surface area contributed by atoms with E-state index in [1.165, 1.54) is 0 Å². The maximum absolute atomic E-state index is 13.0. The fraction of sp³-hybridized carbons (Fsp3) is 0.259. The molecule has 3 nitrogen and oxygen atoms in total. The molecule has 3 aromatic rings. The Morgan fingerprint density at radius 2 is 1.48 bits per heavy atom. The fourth-order valence-corrected chi connectivity index (χ4v) is 4.10. The summed E-state index contributed by atoms with van der Waals surface area (Å²) in [5.41, 5.74) is 1.62. The molecule has 0 aromatic heterocycles. The number of rotatable bonds is 12. The van der Waals surface area contributed by atoms with E-state index in [1.807, 2.05) is 72.8 Å². The van der Waals surface area contributed by atoms with Gasteiger partial charge in [-0.1, -0.05) is 86.5 Å². The van der Waals surface area contributed by atoms with Crippen LogP contribution in [0.4, 0.5) is 0 Å². The van der Waals surface area contributed by atoms with Gasteiger partial charge >= 0.3 is 0 Å². The molecule has 0 amide bonds. The average molecular weight is 432 g/mol. The number of unbranched alkanes of at least 4 members (excludes halogenated alkanes) is 2. The minimum absolute atomic E-state index is 0.0375. The number of ketones is 1. The lowest BCUT2D eigenvalue weighted by Gasteiger charge is -2.18. The Kier molecular flexibility index (Phi) is 9.07. The molecular weight excluding hydrogens is 402 g/mol.